The average Bonchev–Trinajstić information content (AvgIpc) is 1.57. The number of benzene rings is 18. The maximum Gasteiger partial charge on any atom is 0.160 e. The van der Waals surface area contributed by atoms with Crippen molar-refractivity contribution in [2.24, 2.45) is 0 Å². The zero-order valence-corrected chi connectivity index (χ0v) is 71.9. The summed E-state index contributed by atoms with van der Waals surface area (Å²) in [4.78, 5) is 20.6. The van der Waals surface area contributed by atoms with Gasteiger partial charge in [0.1, 0.15) is 0 Å². The molecule has 0 amide bonds. The van der Waals surface area contributed by atoms with E-state index in [0.29, 0.717) is 5.82 Å². The van der Waals surface area contributed by atoms with Crippen LogP contribution in [0.2, 0.25) is 0 Å². The van der Waals surface area contributed by atoms with Gasteiger partial charge in [0.25, 0.3) is 0 Å². The molecule has 0 N–H and O–H groups in total. The van der Waals surface area contributed by atoms with Gasteiger partial charge in [-0.2, -0.15) is 0 Å². The smallest absolute Gasteiger partial charge is 0.160 e. The zero-order valence-electron chi connectivity index (χ0n) is 71.9. The standard InChI is InChI=1S/2C60H41N5/c1-38-19-23-40(24-20-38)52-37-53(62-60(61-52)42-25-21-39(2)22-26-42)41-27-29-43(30-28-41)63-58-33-31-44(64-54-15-7-3-11-46(54)47-12-4-8-16-55(47)64)35-50(58)51-36-45(32-34-59(51)63)65-56-17-9-5-13-48(56)49-14-6-10-18-57(49)65;1-38-15-3-5-17-44(38)53-37-52(61-60(62-53)45-18-6-4-16-39(45)2)40-27-29-41(30-28-40)63-58-33-31-42(64-54-23-11-7-19-46(54)47-20-8-12-24-55(47)64)35-50(58)51-36-43(32-34-59(51)63)65-56-25-13-9-21-48(56)49-22-10-14-26-57(49)65/h2*3-37H,1-2H3. The molecule has 0 radical (unpaired) electrons. The molecular formula is C120H82N10. The maximum atomic E-state index is 5.21. The molecule has 0 unspecified atom stereocenters. The number of fused-ring (bicyclic) bond motifs is 18. The van der Waals surface area contributed by atoms with Crippen molar-refractivity contribution < 1.29 is 0 Å². The van der Waals surface area contributed by atoms with Crippen LogP contribution in [0.15, 0.2) is 425 Å². The van der Waals surface area contributed by atoms with Gasteiger partial charge >= 0.3 is 0 Å². The molecular weight excluding hydrogens is 1580 g/mol. The molecule has 612 valence electrons. The van der Waals surface area contributed by atoms with Crippen LogP contribution in [-0.4, -0.2) is 47.3 Å². The van der Waals surface area contributed by atoms with Crippen molar-refractivity contribution in [1.29, 1.82) is 0 Å². The minimum atomic E-state index is 0.711. The fourth-order valence-electron chi connectivity index (χ4n) is 20.3. The van der Waals surface area contributed by atoms with Crippen LogP contribution in [0.5, 0.6) is 0 Å². The molecule has 0 bridgehead atoms. The van der Waals surface area contributed by atoms with Gasteiger partial charge in [0.15, 0.2) is 11.6 Å². The second-order valence-electron chi connectivity index (χ2n) is 34.3. The number of hydrogen-bond donors (Lipinski definition) is 0. The molecule has 0 spiro atoms. The van der Waals surface area contributed by atoms with Gasteiger partial charge in [-0.05, 0) is 197 Å². The van der Waals surface area contributed by atoms with Gasteiger partial charge in [0.2, 0.25) is 0 Å². The van der Waals surface area contributed by atoms with Crippen LogP contribution < -0.4 is 0 Å². The summed E-state index contributed by atoms with van der Waals surface area (Å²) in [5, 5.41) is 14.8. The van der Waals surface area contributed by atoms with Crippen LogP contribution in [0, 0.1) is 27.7 Å². The molecule has 130 heavy (non-hydrogen) atoms. The summed E-state index contributed by atoms with van der Waals surface area (Å²) in [7, 11) is 0. The molecule has 8 heterocycles. The van der Waals surface area contributed by atoms with E-state index in [9.17, 15) is 0 Å². The predicted molar refractivity (Wildman–Crippen MR) is 542 cm³/mol. The molecule has 26 rings (SSSR count). The Bertz CT molecular complexity index is 8400. The van der Waals surface area contributed by atoms with Gasteiger partial charge in [-0.3, -0.25) is 0 Å². The molecule has 26 aromatic rings. The third-order valence-corrected chi connectivity index (χ3v) is 26.6. The number of rotatable bonds is 12. The van der Waals surface area contributed by atoms with Crippen molar-refractivity contribution in [2.45, 2.75) is 27.7 Å². The number of para-hydroxylation sites is 8. The highest BCUT2D eigenvalue weighted by Crippen LogP contribution is 2.45. The first-order valence-electron chi connectivity index (χ1n) is 44.5. The Kier molecular flexibility index (Phi) is 17.6. The van der Waals surface area contributed by atoms with Gasteiger partial charge < -0.3 is 27.4 Å². The van der Waals surface area contributed by atoms with Crippen LogP contribution in [0.1, 0.15) is 22.3 Å². The Morgan fingerprint density at radius 3 is 0.669 bits per heavy atom. The lowest BCUT2D eigenvalue weighted by Crippen LogP contribution is -1.99. The lowest BCUT2D eigenvalue weighted by atomic mass is 10.0. The quantitative estimate of drug-likeness (QED) is 0.122. The first kappa shape index (κ1) is 75.4. The van der Waals surface area contributed by atoms with E-state index in [4.69, 9.17) is 19.9 Å². The summed E-state index contributed by atoms with van der Waals surface area (Å²) in [6.07, 6.45) is 0. The third kappa shape index (κ3) is 12.4. The van der Waals surface area contributed by atoms with Crippen LogP contribution in [-0.2, 0) is 0 Å². The Morgan fingerprint density at radius 1 is 0.154 bits per heavy atom. The minimum Gasteiger partial charge on any atom is -0.309 e. The summed E-state index contributed by atoms with van der Waals surface area (Å²) >= 11 is 0. The van der Waals surface area contributed by atoms with E-state index in [1.54, 1.807) is 0 Å². The van der Waals surface area contributed by atoms with E-state index in [0.717, 1.165) is 124 Å². The second-order valence-corrected chi connectivity index (χ2v) is 34.3. The van der Waals surface area contributed by atoms with Crippen molar-refractivity contribution in [2.75, 3.05) is 0 Å². The van der Waals surface area contributed by atoms with Crippen LogP contribution in [0.25, 0.3) is 233 Å². The average molecular weight is 1660 g/mol. The Labute approximate surface area is 749 Å². The lowest BCUT2D eigenvalue weighted by Gasteiger charge is -2.13. The predicted octanol–water partition coefficient (Wildman–Crippen LogP) is 30.8. The fraction of sp³-hybridized carbons (Fsp3) is 0.0333. The molecule has 0 aliphatic heterocycles. The second kappa shape index (κ2) is 30.4. The topological polar surface area (TPSA) is 81.1 Å². The van der Waals surface area contributed by atoms with Crippen LogP contribution in [0.4, 0.5) is 0 Å². The molecule has 10 heteroatoms. The molecule has 10 nitrogen and oxygen atoms in total. The van der Waals surface area contributed by atoms with Crippen molar-refractivity contribution in [3.8, 4) is 102 Å². The summed E-state index contributed by atoms with van der Waals surface area (Å²) < 4.78 is 14.5. The Hall–Kier alpha value is -17.1. The van der Waals surface area contributed by atoms with Crippen LogP contribution in [0.3, 0.4) is 0 Å². The highest BCUT2D eigenvalue weighted by molar-refractivity contribution is 6.17. The first-order chi connectivity index (χ1) is 64.1. The molecule has 0 saturated heterocycles. The largest absolute Gasteiger partial charge is 0.309 e. The molecule has 0 saturated carbocycles. The van der Waals surface area contributed by atoms with Crippen molar-refractivity contribution in [3.05, 3.63) is 447 Å². The van der Waals surface area contributed by atoms with Gasteiger partial charge in [0.05, 0.1) is 89.0 Å². The molecule has 0 atom stereocenters. The van der Waals surface area contributed by atoms with E-state index >= 15 is 0 Å². The molecule has 0 aliphatic carbocycles. The van der Waals surface area contributed by atoms with E-state index in [2.05, 4.69) is 480 Å². The van der Waals surface area contributed by atoms with E-state index in [1.807, 2.05) is 0 Å². The third-order valence-electron chi connectivity index (χ3n) is 26.6. The monoisotopic (exact) mass is 1660 g/mol. The van der Waals surface area contributed by atoms with E-state index in [1.165, 1.54) is 125 Å². The Morgan fingerprint density at radius 2 is 0.369 bits per heavy atom. The summed E-state index contributed by atoms with van der Waals surface area (Å²) in [6, 6.07) is 154. The number of aryl methyl sites for hydroxylation is 4. The Balaban J connectivity index is 0.000000140. The summed E-state index contributed by atoms with van der Waals surface area (Å²) in [5.41, 5.74) is 35.4. The van der Waals surface area contributed by atoms with E-state index in [-0.39, 0.29) is 0 Å². The summed E-state index contributed by atoms with van der Waals surface area (Å²) in [6.45, 7) is 8.48. The zero-order chi connectivity index (χ0) is 86.3. The van der Waals surface area contributed by atoms with Crippen molar-refractivity contribution in [3.63, 3.8) is 0 Å². The van der Waals surface area contributed by atoms with Gasteiger partial charge in [0, 0.05) is 132 Å². The van der Waals surface area contributed by atoms with Gasteiger partial charge in [-0.25, -0.2) is 19.9 Å². The molecule has 8 aromatic heterocycles. The first-order valence-corrected chi connectivity index (χ1v) is 44.5. The normalized spacial score (nSPS) is 11.8. The molecule has 0 fully saturated rings. The highest BCUT2D eigenvalue weighted by atomic mass is 15.0. The maximum absolute atomic E-state index is 5.21. The van der Waals surface area contributed by atoms with Gasteiger partial charge in [-0.15, -0.1) is 0 Å². The number of hydrogen-bond acceptors (Lipinski definition) is 4. The SMILES string of the molecule is Cc1ccc(-c2cc(-c3ccc(-n4c5ccc(-n6c7ccccc7c7ccccc76)cc5c5cc(-n6c7ccccc7c7ccccc76)ccc54)cc3)nc(-c3ccc(C)cc3)n2)cc1.Cc1ccccc1-c1cc(-c2ccc(-n3c4ccc(-n5c6ccccc6c6ccccc65)cc4c4cc(-n5c6ccccc6c6ccccc65)ccc43)cc2)nc(-c2ccccc2C)n1. The lowest BCUT2D eigenvalue weighted by molar-refractivity contribution is 1.15. The van der Waals surface area contributed by atoms with Gasteiger partial charge in [-0.1, -0.05) is 278 Å². The molecule has 18 aromatic carbocycles. The van der Waals surface area contributed by atoms with Crippen molar-refractivity contribution >= 4 is 131 Å². The minimum absolute atomic E-state index is 0.711. The van der Waals surface area contributed by atoms with E-state index < -0.39 is 0 Å². The van der Waals surface area contributed by atoms with Crippen LogP contribution >= 0.6 is 0 Å². The molecule has 0 aliphatic rings. The van der Waals surface area contributed by atoms with Crippen molar-refractivity contribution in [1.82, 2.24) is 47.3 Å². The number of nitrogens with zero attached hydrogens (tertiary/aromatic N) is 10. The number of aromatic nitrogens is 10. The summed E-state index contributed by atoms with van der Waals surface area (Å²) in [5.74, 6) is 1.44. The highest BCUT2D eigenvalue weighted by Gasteiger charge is 2.25. The fourth-order valence-corrected chi connectivity index (χ4v) is 20.3.